The monoisotopic (exact) mass is 744 g/mol. The molecule has 11 heteroatoms. The number of hydrogen-bond acceptors (Lipinski definition) is 11. The van der Waals surface area contributed by atoms with E-state index in [2.05, 4.69) is 6.92 Å². The van der Waals surface area contributed by atoms with Crippen molar-refractivity contribution in [3.63, 3.8) is 0 Å². The highest BCUT2D eigenvalue weighted by atomic mass is 16.6. The van der Waals surface area contributed by atoms with Crippen molar-refractivity contribution in [2.45, 2.75) is 111 Å². The average Bonchev–Trinajstić information content (AvgIpc) is 3.18. The number of benzene rings is 3. The first-order valence-corrected chi connectivity index (χ1v) is 18.7. The zero-order valence-electron chi connectivity index (χ0n) is 32.1. The van der Waals surface area contributed by atoms with Crippen LogP contribution in [-0.2, 0) is 33.3 Å². The van der Waals surface area contributed by atoms with E-state index in [0.717, 1.165) is 30.4 Å². The van der Waals surface area contributed by atoms with Gasteiger partial charge in [-0.1, -0.05) is 95.7 Å². The van der Waals surface area contributed by atoms with Gasteiger partial charge in [-0.2, -0.15) is 0 Å². The lowest BCUT2D eigenvalue weighted by Crippen LogP contribution is -2.36. The van der Waals surface area contributed by atoms with Gasteiger partial charge in [0.25, 0.3) is 0 Å². The number of unbranched alkanes of at least 4 members (excludes halogenated alkanes) is 5. The maximum Gasteiger partial charge on any atom is 0.348 e. The van der Waals surface area contributed by atoms with Crippen molar-refractivity contribution >= 4 is 35.6 Å². The van der Waals surface area contributed by atoms with Crippen LogP contribution in [0, 0.1) is 5.92 Å². The van der Waals surface area contributed by atoms with Crippen molar-refractivity contribution in [3.05, 3.63) is 89.5 Å². The van der Waals surface area contributed by atoms with Crippen molar-refractivity contribution < 1.29 is 52.5 Å². The molecule has 54 heavy (non-hydrogen) atoms. The zero-order chi connectivity index (χ0) is 39.6. The molecule has 4 atom stereocenters. The van der Waals surface area contributed by atoms with Crippen LogP contribution in [0.2, 0.25) is 0 Å². The molecule has 0 saturated heterocycles. The normalized spacial score (nSPS) is 13.1. The summed E-state index contributed by atoms with van der Waals surface area (Å²) in [5, 5.41) is 0. The second-order valence-electron chi connectivity index (χ2n) is 13.4. The third-order valence-corrected chi connectivity index (χ3v) is 8.79. The highest BCUT2D eigenvalue weighted by Crippen LogP contribution is 2.23. The van der Waals surface area contributed by atoms with Crippen molar-refractivity contribution in [1.29, 1.82) is 0 Å². The predicted molar refractivity (Wildman–Crippen MR) is 202 cm³/mol. The molecule has 3 rings (SSSR count). The molecule has 0 radical (unpaired) electrons. The molecule has 0 fully saturated rings. The van der Waals surface area contributed by atoms with E-state index in [1.807, 2.05) is 38.1 Å². The summed E-state index contributed by atoms with van der Waals surface area (Å²) in [6.07, 6.45) is 4.21. The molecular formula is C43H52O11. The number of Topliss-reactive ketones (excluding diaryl/α,β-unsaturated/α-hetero) is 1. The van der Waals surface area contributed by atoms with Crippen LogP contribution in [0.15, 0.2) is 72.8 Å². The smallest absolute Gasteiger partial charge is 0.348 e. The summed E-state index contributed by atoms with van der Waals surface area (Å²) in [4.78, 5) is 75.0. The highest BCUT2D eigenvalue weighted by Gasteiger charge is 2.29. The van der Waals surface area contributed by atoms with E-state index in [9.17, 15) is 28.8 Å². The largest absolute Gasteiger partial charge is 0.463 e. The van der Waals surface area contributed by atoms with E-state index < -0.39 is 48.2 Å². The molecule has 0 aliphatic carbocycles. The van der Waals surface area contributed by atoms with Crippen molar-refractivity contribution in [1.82, 2.24) is 0 Å². The van der Waals surface area contributed by atoms with Crippen LogP contribution >= 0.6 is 0 Å². The molecule has 3 aromatic carbocycles. The van der Waals surface area contributed by atoms with E-state index in [4.69, 9.17) is 23.7 Å². The zero-order valence-corrected chi connectivity index (χ0v) is 32.1. The van der Waals surface area contributed by atoms with Gasteiger partial charge >= 0.3 is 29.8 Å². The number of carbonyl (C=O) groups excluding carboxylic acids is 6. The number of carbonyl (C=O) groups is 6. The highest BCUT2D eigenvalue weighted by molar-refractivity contribution is 5.97. The quantitative estimate of drug-likeness (QED) is 0.0340. The molecule has 0 bridgehead atoms. The minimum Gasteiger partial charge on any atom is -0.463 e. The Bertz CT molecular complexity index is 1690. The molecule has 11 nitrogen and oxygen atoms in total. The fourth-order valence-electron chi connectivity index (χ4n) is 5.06. The standard InChI is InChI=1S/C43H52O11/c1-7-9-10-11-12-13-14-38(44)34-19-15-32(16-20-34)33-17-21-35(22-18-33)43(49)54-37-25-23-36(24-26-37)42(48)53-31(6)41(47)52-30(5)40(46)51-29(4)39(45)50-27-28(3)8-2/h15-26,28-31H,7-14,27H2,1-6H3. The molecule has 0 aliphatic heterocycles. The number of ketones is 1. The SMILES string of the molecule is CCCCCCCCC(=O)c1ccc(-c2ccc(C(=O)Oc3ccc(C(=O)OC(C)C(=O)OC(C)C(=O)OC(C)C(=O)OCC(C)CC)cc3)cc2)cc1. The first-order chi connectivity index (χ1) is 25.8. The van der Waals surface area contributed by atoms with Crippen LogP contribution in [0.4, 0.5) is 0 Å². The van der Waals surface area contributed by atoms with Crippen molar-refractivity contribution in [3.8, 4) is 16.9 Å². The molecule has 0 saturated carbocycles. The van der Waals surface area contributed by atoms with E-state index in [1.165, 1.54) is 70.7 Å². The summed E-state index contributed by atoms with van der Waals surface area (Å²) in [6.45, 7) is 10.1. The Morgan fingerprint density at radius 2 is 0.981 bits per heavy atom. The number of ether oxygens (including phenoxy) is 5. The maximum absolute atomic E-state index is 12.8. The molecule has 0 aliphatic rings. The van der Waals surface area contributed by atoms with E-state index in [0.29, 0.717) is 17.5 Å². The van der Waals surface area contributed by atoms with Crippen molar-refractivity contribution in [2.24, 2.45) is 5.92 Å². The Morgan fingerprint density at radius 3 is 1.54 bits per heavy atom. The summed E-state index contributed by atoms with van der Waals surface area (Å²) in [7, 11) is 0. The molecule has 0 N–H and O–H groups in total. The predicted octanol–water partition coefficient (Wildman–Crippen LogP) is 8.50. The summed E-state index contributed by atoms with van der Waals surface area (Å²) in [6, 6.07) is 19.9. The summed E-state index contributed by atoms with van der Waals surface area (Å²) in [5.41, 5.74) is 2.87. The number of rotatable bonds is 21. The van der Waals surface area contributed by atoms with Crippen LogP contribution in [0.25, 0.3) is 11.1 Å². The molecular weight excluding hydrogens is 692 g/mol. The third-order valence-electron chi connectivity index (χ3n) is 8.79. The second kappa shape index (κ2) is 22.0. The Kier molecular flexibility index (Phi) is 17.6. The van der Waals surface area contributed by atoms with E-state index in [-0.39, 0.29) is 29.6 Å². The molecule has 3 aromatic rings. The van der Waals surface area contributed by atoms with Crippen LogP contribution in [0.5, 0.6) is 5.75 Å². The molecule has 0 heterocycles. The van der Waals surface area contributed by atoms with Gasteiger partial charge < -0.3 is 23.7 Å². The average molecular weight is 745 g/mol. The fraction of sp³-hybridized carbons (Fsp3) is 0.442. The minimum atomic E-state index is -1.38. The van der Waals surface area contributed by atoms with Gasteiger partial charge in [0.15, 0.2) is 24.1 Å². The van der Waals surface area contributed by atoms with Gasteiger partial charge in [0.2, 0.25) is 0 Å². The first kappa shape index (κ1) is 43.1. The van der Waals surface area contributed by atoms with Crippen LogP contribution in [0.3, 0.4) is 0 Å². The van der Waals surface area contributed by atoms with E-state index in [1.54, 1.807) is 24.3 Å². The number of hydrogen-bond donors (Lipinski definition) is 0. The van der Waals surface area contributed by atoms with Gasteiger partial charge in [-0.3, -0.25) is 4.79 Å². The Labute approximate surface area is 317 Å². The minimum absolute atomic E-state index is 0.0751. The first-order valence-electron chi connectivity index (χ1n) is 18.7. The third kappa shape index (κ3) is 13.9. The lowest BCUT2D eigenvalue weighted by atomic mass is 9.99. The van der Waals surface area contributed by atoms with Crippen molar-refractivity contribution in [2.75, 3.05) is 6.61 Å². The van der Waals surface area contributed by atoms with Crippen LogP contribution in [0.1, 0.15) is 124 Å². The molecule has 0 aromatic heterocycles. The molecule has 290 valence electrons. The molecule has 0 amide bonds. The lowest BCUT2D eigenvalue weighted by molar-refractivity contribution is -0.179. The topological polar surface area (TPSA) is 149 Å². The van der Waals surface area contributed by atoms with Gasteiger partial charge in [-0.05, 0) is 80.6 Å². The Balaban J connectivity index is 1.45. The lowest BCUT2D eigenvalue weighted by Gasteiger charge is -2.19. The van der Waals surface area contributed by atoms with Gasteiger partial charge in [0.1, 0.15) is 5.75 Å². The number of esters is 5. The van der Waals surface area contributed by atoms with E-state index >= 15 is 0 Å². The fourth-order valence-corrected chi connectivity index (χ4v) is 5.06. The van der Waals surface area contributed by atoms with Gasteiger partial charge in [0.05, 0.1) is 17.7 Å². The molecule has 0 spiro atoms. The molecule has 4 unspecified atom stereocenters. The Morgan fingerprint density at radius 1 is 0.519 bits per heavy atom. The van der Waals surface area contributed by atoms with Crippen LogP contribution < -0.4 is 4.74 Å². The summed E-state index contributed by atoms with van der Waals surface area (Å²) < 4.78 is 25.9. The van der Waals surface area contributed by atoms with Gasteiger partial charge in [-0.15, -0.1) is 0 Å². The summed E-state index contributed by atoms with van der Waals surface area (Å²) in [5.74, 6) is -3.65. The Hall–Kier alpha value is -5.32. The van der Waals surface area contributed by atoms with Gasteiger partial charge in [-0.25, -0.2) is 24.0 Å². The second-order valence-corrected chi connectivity index (χ2v) is 13.4. The van der Waals surface area contributed by atoms with Gasteiger partial charge in [0, 0.05) is 12.0 Å². The summed E-state index contributed by atoms with van der Waals surface area (Å²) >= 11 is 0. The maximum atomic E-state index is 12.8. The van der Waals surface area contributed by atoms with Crippen LogP contribution in [-0.4, -0.2) is 60.5 Å².